The van der Waals surface area contributed by atoms with Crippen LogP contribution in [0.1, 0.15) is 16.1 Å². The first-order valence-electron chi connectivity index (χ1n) is 9.42. The van der Waals surface area contributed by atoms with Crippen LogP contribution in [0.15, 0.2) is 54.3 Å². The number of aryl methyl sites for hydroxylation is 1. The van der Waals surface area contributed by atoms with Gasteiger partial charge in [0.2, 0.25) is 0 Å². The number of benzene rings is 1. The summed E-state index contributed by atoms with van der Waals surface area (Å²) < 4.78 is 0. The molecule has 9 heteroatoms. The highest BCUT2D eigenvalue weighted by atomic mass is 32.1. The number of aromatic amines is 1. The predicted molar refractivity (Wildman–Crippen MR) is 121 cm³/mol. The molecule has 31 heavy (non-hydrogen) atoms. The summed E-state index contributed by atoms with van der Waals surface area (Å²) in [6.07, 6.45) is 5.18. The van der Waals surface area contributed by atoms with Crippen LogP contribution in [-0.2, 0) is 0 Å². The van der Waals surface area contributed by atoms with Crippen molar-refractivity contribution in [2.45, 2.75) is 6.92 Å². The number of fused-ring (bicyclic) bond motifs is 1. The topological polar surface area (TPSA) is 136 Å². The molecule has 0 saturated carbocycles. The zero-order valence-electron chi connectivity index (χ0n) is 16.5. The van der Waals surface area contributed by atoms with Crippen molar-refractivity contribution in [2.75, 3.05) is 5.73 Å². The molecule has 5 rings (SSSR count). The van der Waals surface area contributed by atoms with Gasteiger partial charge >= 0.3 is 0 Å². The Morgan fingerprint density at radius 1 is 1.10 bits per heavy atom. The van der Waals surface area contributed by atoms with Crippen molar-refractivity contribution < 1.29 is 4.79 Å². The molecule has 1 aromatic carbocycles. The maximum Gasteiger partial charge on any atom is 0.269 e. The van der Waals surface area contributed by atoms with E-state index in [4.69, 9.17) is 11.5 Å². The first-order valence-corrected chi connectivity index (χ1v) is 10.3. The molecule has 4 aromatic heterocycles. The molecule has 0 atom stereocenters. The first-order chi connectivity index (χ1) is 15.0. The number of pyridine rings is 2. The van der Waals surface area contributed by atoms with Gasteiger partial charge in [0.15, 0.2) is 5.69 Å². The number of carbonyl (C=O) groups is 1. The summed E-state index contributed by atoms with van der Waals surface area (Å²) >= 11 is 1.51. The Labute approximate surface area is 181 Å². The fraction of sp³-hybridized carbons (Fsp3) is 0.0455. The molecule has 0 aliphatic rings. The van der Waals surface area contributed by atoms with Gasteiger partial charge in [-0.25, -0.2) is 9.97 Å². The largest absolute Gasteiger partial charge is 0.396 e. The summed E-state index contributed by atoms with van der Waals surface area (Å²) in [6, 6.07) is 9.55. The zero-order chi connectivity index (χ0) is 21.5. The van der Waals surface area contributed by atoms with Gasteiger partial charge in [0.05, 0.1) is 28.8 Å². The second-order valence-corrected chi connectivity index (χ2v) is 7.93. The van der Waals surface area contributed by atoms with E-state index in [9.17, 15) is 4.79 Å². The lowest BCUT2D eigenvalue weighted by molar-refractivity contribution is 0.0996. The van der Waals surface area contributed by atoms with Crippen LogP contribution in [-0.4, -0.2) is 31.1 Å². The van der Waals surface area contributed by atoms with Gasteiger partial charge in [-0.05, 0) is 42.3 Å². The molecule has 0 fully saturated rings. The van der Waals surface area contributed by atoms with Crippen molar-refractivity contribution in [3.05, 3.63) is 65.6 Å². The monoisotopic (exact) mass is 427 g/mol. The number of hydrogen-bond donors (Lipinski definition) is 3. The molecule has 0 bridgehead atoms. The Kier molecular flexibility index (Phi) is 4.45. The minimum absolute atomic E-state index is 0.0244. The van der Waals surface area contributed by atoms with Gasteiger partial charge in [-0.3, -0.25) is 14.9 Å². The Hall–Kier alpha value is -4.11. The van der Waals surface area contributed by atoms with Crippen LogP contribution in [0.3, 0.4) is 0 Å². The summed E-state index contributed by atoms with van der Waals surface area (Å²) in [5, 5.41) is 10.7. The number of nitrogens with one attached hydrogen (secondary N) is 1. The van der Waals surface area contributed by atoms with Gasteiger partial charge in [0, 0.05) is 34.3 Å². The number of nitrogen functional groups attached to an aromatic ring is 1. The summed E-state index contributed by atoms with van der Waals surface area (Å²) in [6.45, 7) is 1.98. The average Bonchev–Trinajstić information content (AvgIpc) is 3.46. The molecular weight excluding hydrogens is 410 g/mol. The lowest BCUT2D eigenvalue weighted by atomic mass is 9.94. The fourth-order valence-electron chi connectivity index (χ4n) is 3.60. The summed E-state index contributed by atoms with van der Waals surface area (Å²) in [5.74, 6) is -0.690. The third-order valence-electron chi connectivity index (χ3n) is 5.10. The van der Waals surface area contributed by atoms with Crippen molar-refractivity contribution >= 4 is 33.8 Å². The van der Waals surface area contributed by atoms with Gasteiger partial charge in [-0.1, -0.05) is 6.07 Å². The number of primary amides is 1. The minimum Gasteiger partial charge on any atom is -0.396 e. The van der Waals surface area contributed by atoms with Crippen LogP contribution in [0.2, 0.25) is 0 Å². The number of thiazole rings is 1. The number of hydrogen-bond acceptors (Lipinski definition) is 7. The van der Waals surface area contributed by atoms with Crippen LogP contribution in [0.4, 0.5) is 5.69 Å². The molecule has 5 aromatic rings. The molecule has 0 radical (unpaired) electrons. The van der Waals surface area contributed by atoms with Gasteiger partial charge in [0.25, 0.3) is 5.91 Å². The Morgan fingerprint density at radius 3 is 2.68 bits per heavy atom. The number of amides is 1. The van der Waals surface area contributed by atoms with E-state index in [0.29, 0.717) is 11.3 Å². The standard InChI is InChI=1S/C22H17N7OS/c1-11-2-4-15-14(10-27-29-15)18(11)13-8-17(28-20(19(13)23)21(24)30)12-3-5-16(26-9-12)22-25-6-7-31-22/h2-10H,23H2,1H3,(H2,24,30)(H,27,29). The predicted octanol–water partition coefficient (Wildman–Crippen LogP) is 3.80. The normalized spacial score (nSPS) is 11.1. The summed E-state index contributed by atoms with van der Waals surface area (Å²) in [5.41, 5.74) is 17.7. The number of H-pyrrole nitrogens is 1. The lowest BCUT2D eigenvalue weighted by Crippen LogP contribution is -2.17. The molecule has 0 saturated heterocycles. The number of nitrogens with zero attached hydrogens (tertiary/aromatic N) is 4. The maximum atomic E-state index is 12.1. The Bertz CT molecular complexity index is 1420. The van der Waals surface area contributed by atoms with Crippen LogP contribution in [0, 0.1) is 6.92 Å². The molecule has 0 aliphatic carbocycles. The number of rotatable bonds is 4. The number of aromatic nitrogens is 5. The Morgan fingerprint density at radius 2 is 1.97 bits per heavy atom. The zero-order valence-corrected chi connectivity index (χ0v) is 17.3. The molecule has 5 N–H and O–H groups in total. The maximum absolute atomic E-state index is 12.1. The first kappa shape index (κ1) is 18.9. The molecule has 0 unspecified atom stereocenters. The third kappa shape index (κ3) is 3.21. The van der Waals surface area contributed by atoms with E-state index in [2.05, 4.69) is 25.1 Å². The van der Waals surface area contributed by atoms with E-state index >= 15 is 0 Å². The third-order valence-corrected chi connectivity index (χ3v) is 5.90. The van der Waals surface area contributed by atoms with Crippen LogP contribution >= 0.6 is 11.3 Å². The second-order valence-electron chi connectivity index (χ2n) is 7.04. The number of carbonyl (C=O) groups excluding carboxylic acids is 1. The summed E-state index contributed by atoms with van der Waals surface area (Å²) in [7, 11) is 0. The molecule has 0 aliphatic heterocycles. The van der Waals surface area contributed by atoms with Gasteiger partial charge in [-0.2, -0.15) is 5.10 Å². The van der Waals surface area contributed by atoms with Gasteiger partial charge in [-0.15, -0.1) is 11.3 Å². The molecule has 4 heterocycles. The SMILES string of the molecule is Cc1ccc2[nH]ncc2c1-c1cc(-c2ccc(-c3nccs3)nc2)nc(C(N)=O)c1N. The van der Waals surface area contributed by atoms with Crippen LogP contribution in [0.5, 0.6) is 0 Å². The molecule has 1 amide bonds. The molecule has 8 nitrogen and oxygen atoms in total. The van der Waals surface area contributed by atoms with Crippen molar-refractivity contribution in [3.8, 4) is 33.1 Å². The van der Waals surface area contributed by atoms with E-state index in [1.54, 1.807) is 18.6 Å². The highest BCUT2D eigenvalue weighted by Crippen LogP contribution is 2.38. The molecule has 152 valence electrons. The fourth-order valence-corrected chi connectivity index (χ4v) is 4.22. The quantitative estimate of drug-likeness (QED) is 0.399. The van der Waals surface area contributed by atoms with Gasteiger partial charge in [0.1, 0.15) is 5.01 Å². The molecule has 0 spiro atoms. The van der Waals surface area contributed by atoms with E-state index in [-0.39, 0.29) is 11.4 Å². The van der Waals surface area contributed by atoms with E-state index < -0.39 is 5.91 Å². The smallest absolute Gasteiger partial charge is 0.269 e. The Balaban J connectivity index is 1.71. The number of nitrogens with two attached hydrogens (primary N) is 2. The average molecular weight is 427 g/mol. The lowest BCUT2D eigenvalue weighted by Gasteiger charge is -2.15. The van der Waals surface area contributed by atoms with Crippen molar-refractivity contribution in [1.82, 2.24) is 25.1 Å². The molecular formula is C22H17N7OS. The van der Waals surface area contributed by atoms with E-state index in [0.717, 1.165) is 38.3 Å². The van der Waals surface area contributed by atoms with Crippen molar-refractivity contribution in [2.24, 2.45) is 5.73 Å². The second kappa shape index (κ2) is 7.29. The summed E-state index contributed by atoms with van der Waals surface area (Å²) in [4.78, 5) is 25.4. The van der Waals surface area contributed by atoms with Gasteiger partial charge < -0.3 is 11.5 Å². The van der Waals surface area contributed by atoms with Crippen LogP contribution < -0.4 is 11.5 Å². The minimum atomic E-state index is -0.690. The highest BCUT2D eigenvalue weighted by Gasteiger charge is 2.20. The van der Waals surface area contributed by atoms with Crippen molar-refractivity contribution in [1.29, 1.82) is 0 Å². The van der Waals surface area contributed by atoms with E-state index in [1.165, 1.54) is 11.3 Å². The number of anilines is 1. The highest BCUT2D eigenvalue weighted by molar-refractivity contribution is 7.13. The van der Waals surface area contributed by atoms with E-state index in [1.807, 2.05) is 42.6 Å². The van der Waals surface area contributed by atoms with Crippen LogP contribution in [0.25, 0.3) is 44.0 Å². The van der Waals surface area contributed by atoms with Crippen molar-refractivity contribution in [3.63, 3.8) is 0 Å².